The van der Waals surface area contributed by atoms with Crippen molar-refractivity contribution >= 4 is 23.9 Å². The third kappa shape index (κ3) is 9.31. The number of esters is 4. The molecule has 2 N–H and O–H groups in total. The molecule has 7 fully saturated rings. The predicted octanol–water partition coefficient (Wildman–Crippen LogP) is 7.52. The standard InChI is InChI=1S/C16H26O4.C16H28O2.C9H14O4/c1-4-13(2,3)12(17)20-16-7-11-5-14(18,9-16)8-15(19,6-11)10-16;1-5-14(2,3)13(17)18-15(4)9-8-12-16(15)10-6-7-11-16;1-3-6(2)9(11)13-7-4-8(10)12-5-7/h11,18-19H,4-10H2,1-3H3;5-12H2,1-4H3;6-7H,3-5H2,1-2H3. The van der Waals surface area contributed by atoms with Gasteiger partial charge in [0.2, 0.25) is 0 Å². The van der Waals surface area contributed by atoms with Crippen LogP contribution in [0.2, 0.25) is 0 Å². The highest BCUT2D eigenvalue weighted by molar-refractivity contribution is 5.77. The van der Waals surface area contributed by atoms with Crippen LogP contribution in [0.1, 0.15) is 171 Å². The quantitative estimate of drug-likeness (QED) is 0.181. The Morgan fingerprint density at radius 2 is 1.35 bits per heavy atom. The molecule has 10 nitrogen and oxygen atoms in total. The molecule has 51 heavy (non-hydrogen) atoms. The molecule has 7 rings (SSSR count). The number of hydrogen-bond donors (Lipinski definition) is 2. The fourth-order valence-corrected chi connectivity index (χ4v) is 9.63. The Morgan fingerprint density at radius 3 is 1.82 bits per heavy atom. The second-order valence-electron chi connectivity index (χ2n) is 18.7. The lowest BCUT2D eigenvalue weighted by atomic mass is 9.50. The van der Waals surface area contributed by atoms with E-state index in [0.29, 0.717) is 24.7 Å². The molecule has 292 valence electrons. The van der Waals surface area contributed by atoms with Crippen molar-refractivity contribution < 1.29 is 48.3 Å². The molecule has 6 saturated carbocycles. The average Bonchev–Trinajstić information content (AvgIpc) is 3.76. The van der Waals surface area contributed by atoms with Gasteiger partial charge in [0.25, 0.3) is 0 Å². The summed E-state index contributed by atoms with van der Waals surface area (Å²) in [5.41, 5.74) is -3.08. The van der Waals surface area contributed by atoms with Crippen LogP contribution >= 0.6 is 0 Å². The van der Waals surface area contributed by atoms with Gasteiger partial charge in [0.1, 0.15) is 23.9 Å². The van der Waals surface area contributed by atoms with Gasteiger partial charge in [-0.05, 0) is 111 Å². The highest BCUT2D eigenvalue weighted by Gasteiger charge is 2.65. The fraction of sp³-hybridized carbons (Fsp3) is 0.902. The van der Waals surface area contributed by atoms with E-state index in [9.17, 15) is 29.4 Å². The second kappa shape index (κ2) is 15.3. The highest BCUT2D eigenvalue weighted by atomic mass is 16.6. The smallest absolute Gasteiger partial charge is 0.312 e. The monoisotopic (exact) mass is 720 g/mol. The summed E-state index contributed by atoms with van der Waals surface area (Å²) in [5, 5.41) is 21.3. The summed E-state index contributed by atoms with van der Waals surface area (Å²) in [6, 6.07) is 0. The van der Waals surface area contributed by atoms with Gasteiger partial charge in [-0.25, -0.2) is 0 Å². The number of hydrogen-bond acceptors (Lipinski definition) is 10. The van der Waals surface area contributed by atoms with Crippen LogP contribution in [0.4, 0.5) is 0 Å². The topological polar surface area (TPSA) is 146 Å². The summed E-state index contributed by atoms with van der Waals surface area (Å²) >= 11 is 0. The Hall–Kier alpha value is -2.20. The molecule has 1 spiro atoms. The first kappa shape index (κ1) is 41.6. The Balaban J connectivity index is 0.000000176. The molecule has 10 heteroatoms. The first-order valence-corrected chi connectivity index (χ1v) is 19.9. The number of cyclic esters (lactones) is 1. The normalized spacial score (nSPS) is 35.2. The molecule has 0 aromatic heterocycles. The number of ether oxygens (including phenoxy) is 4. The van der Waals surface area contributed by atoms with E-state index in [0.717, 1.165) is 44.9 Å². The first-order valence-electron chi connectivity index (χ1n) is 19.9. The molecule has 1 saturated heterocycles. The molecule has 4 bridgehead atoms. The molecule has 6 aliphatic carbocycles. The minimum atomic E-state index is -0.842. The summed E-state index contributed by atoms with van der Waals surface area (Å²) < 4.78 is 21.6. The fourth-order valence-electron chi connectivity index (χ4n) is 9.63. The van der Waals surface area contributed by atoms with Crippen LogP contribution in [0.3, 0.4) is 0 Å². The number of rotatable bonds is 9. The molecule has 7 aliphatic rings. The van der Waals surface area contributed by atoms with Gasteiger partial charge in [-0.15, -0.1) is 0 Å². The summed E-state index contributed by atoms with van der Waals surface area (Å²) in [6.45, 7) is 17.9. The van der Waals surface area contributed by atoms with Gasteiger partial charge < -0.3 is 29.2 Å². The van der Waals surface area contributed by atoms with Crippen molar-refractivity contribution in [1.29, 1.82) is 0 Å². The summed E-state index contributed by atoms with van der Waals surface area (Å²) in [5.74, 6) is -0.558. The van der Waals surface area contributed by atoms with Crippen LogP contribution < -0.4 is 0 Å². The largest absolute Gasteiger partial charge is 0.462 e. The molecule has 5 unspecified atom stereocenters. The molecule has 1 aliphatic heterocycles. The van der Waals surface area contributed by atoms with Crippen LogP contribution in [-0.2, 0) is 38.1 Å². The number of aliphatic hydroxyl groups is 2. The molecule has 0 aromatic carbocycles. The van der Waals surface area contributed by atoms with E-state index in [4.69, 9.17) is 14.2 Å². The highest BCUT2D eigenvalue weighted by Crippen LogP contribution is 2.61. The van der Waals surface area contributed by atoms with Crippen LogP contribution in [0, 0.1) is 28.1 Å². The summed E-state index contributed by atoms with van der Waals surface area (Å²) in [6.07, 6.45) is 14.5. The van der Waals surface area contributed by atoms with Gasteiger partial charge in [0.05, 0.1) is 34.4 Å². The minimum absolute atomic E-state index is 0.000625. The molecule has 0 aromatic rings. The Bertz CT molecular complexity index is 1260. The lowest BCUT2D eigenvalue weighted by molar-refractivity contribution is -0.264. The van der Waals surface area contributed by atoms with E-state index in [2.05, 4.69) is 18.6 Å². The van der Waals surface area contributed by atoms with Crippen LogP contribution in [0.25, 0.3) is 0 Å². The molecular weight excluding hydrogens is 652 g/mol. The maximum Gasteiger partial charge on any atom is 0.312 e. The Kier molecular flexibility index (Phi) is 12.4. The number of carbonyl (C=O) groups excluding carboxylic acids is 4. The zero-order valence-electron chi connectivity index (χ0n) is 33.1. The molecule has 0 amide bonds. The zero-order valence-corrected chi connectivity index (χ0v) is 33.1. The van der Waals surface area contributed by atoms with Crippen LogP contribution in [0.5, 0.6) is 0 Å². The third-order valence-corrected chi connectivity index (χ3v) is 13.6. The molecule has 0 radical (unpaired) electrons. The van der Waals surface area contributed by atoms with Crippen molar-refractivity contribution in [3.05, 3.63) is 0 Å². The van der Waals surface area contributed by atoms with Crippen molar-refractivity contribution in [1.82, 2.24) is 0 Å². The van der Waals surface area contributed by atoms with E-state index in [1.165, 1.54) is 38.5 Å². The second-order valence-corrected chi connectivity index (χ2v) is 18.7. The molecule has 1 heterocycles. The van der Waals surface area contributed by atoms with Gasteiger partial charge in [-0.2, -0.15) is 0 Å². The van der Waals surface area contributed by atoms with Crippen molar-refractivity contribution in [2.45, 2.75) is 200 Å². The van der Waals surface area contributed by atoms with Crippen molar-refractivity contribution in [2.75, 3.05) is 6.61 Å². The molecule has 5 atom stereocenters. The van der Waals surface area contributed by atoms with Gasteiger partial charge in [-0.1, -0.05) is 40.5 Å². The minimum Gasteiger partial charge on any atom is -0.462 e. The number of carbonyl (C=O) groups is 4. The molecular formula is C41H68O10. The van der Waals surface area contributed by atoms with Crippen molar-refractivity contribution in [2.24, 2.45) is 28.1 Å². The van der Waals surface area contributed by atoms with Crippen molar-refractivity contribution in [3.63, 3.8) is 0 Å². The average molecular weight is 721 g/mol. The van der Waals surface area contributed by atoms with E-state index in [-0.39, 0.29) is 65.9 Å². The van der Waals surface area contributed by atoms with Gasteiger partial charge in [0.15, 0.2) is 0 Å². The lowest BCUT2D eigenvalue weighted by Gasteiger charge is -2.62. The predicted molar refractivity (Wildman–Crippen MR) is 192 cm³/mol. The van der Waals surface area contributed by atoms with E-state index in [1.54, 1.807) is 6.92 Å². The Morgan fingerprint density at radius 1 is 0.824 bits per heavy atom. The zero-order chi connectivity index (χ0) is 38.1. The SMILES string of the molecule is CCC(C)(C)C(=O)OC1(C)CCCC12CCCC2.CCC(C)(C)C(=O)OC12CC3CC(O)(CC(O)(C3)C1)C2.CCC(C)C(=O)OC1COC(=O)C1. The van der Waals surface area contributed by atoms with Crippen LogP contribution in [-0.4, -0.2) is 69.2 Å². The maximum atomic E-state index is 12.4. The van der Waals surface area contributed by atoms with Gasteiger partial charge in [-0.3, -0.25) is 19.2 Å². The van der Waals surface area contributed by atoms with Crippen molar-refractivity contribution in [3.8, 4) is 0 Å². The van der Waals surface area contributed by atoms with E-state index < -0.39 is 22.2 Å². The first-order chi connectivity index (χ1) is 23.6. The van der Waals surface area contributed by atoms with E-state index in [1.807, 2.05) is 41.5 Å². The third-order valence-electron chi connectivity index (χ3n) is 13.6. The van der Waals surface area contributed by atoms with E-state index >= 15 is 0 Å². The van der Waals surface area contributed by atoms with Gasteiger partial charge >= 0.3 is 23.9 Å². The summed E-state index contributed by atoms with van der Waals surface area (Å²) in [4.78, 5) is 46.7. The van der Waals surface area contributed by atoms with Crippen LogP contribution in [0.15, 0.2) is 0 Å². The van der Waals surface area contributed by atoms with Gasteiger partial charge in [0, 0.05) is 24.7 Å². The maximum absolute atomic E-state index is 12.4. The summed E-state index contributed by atoms with van der Waals surface area (Å²) in [7, 11) is 0. The lowest BCUT2D eigenvalue weighted by Crippen LogP contribution is -2.67. The Labute approximate surface area is 306 Å².